The van der Waals surface area contributed by atoms with Crippen LogP contribution in [0.4, 0.5) is 0 Å². The van der Waals surface area contributed by atoms with Gasteiger partial charge in [0.25, 0.3) is 0 Å². The van der Waals surface area contributed by atoms with Crippen molar-refractivity contribution in [3.8, 4) is 0 Å². The van der Waals surface area contributed by atoms with Crippen LogP contribution in [0.25, 0.3) is 0 Å². The van der Waals surface area contributed by atoms with E-state index in [1.165, 1.54) is 12.8 Å². The van der Waals surface area contributed by atoms with E-state index in [0.717, 1.165) is 19.8 Å². The van der Waals surface area contributed by atoms with E-state index in [-0.39, 0.29) is 0 Å². The normalized spacial score (nSPS) is 13.1. The molecule has 0 radical (unpaired) electrons. The molecule has 0 amide bonds. The third-order valence-corrected chi connectivity index (χ3v) is 2.03. The van der Waals surface area contributed by atoms with E-state index in [1.54, 1.807) is 0 Å². The number of hydrogen-bond donors (Lipinski definition) is 1. The van der Waals surface area contributed by atoms with Gasteiger partial charge in [0.1, 0.15) is 0 Å². The number of ether oxygens (including phenoxy) is 2. The molecule has 0 saturated carbocycles. The first-order valence-electron chi connectivity index (χ1n) is 5.73. The third kappa shape index (κ3) is 8.48. The van der Waals surface area contributed by atoms with E-state index in [2.05, 4.69) is 19.2 Å². The molecule has 1 atom stereocenters. The van der Waals surface area contributed by atoms with Crippen LogP contribution in [0, 0.1) is 0 Å². The molecule has 0 fully saturated rings. The Bertz CT molecular complexity index is 103. The number of hydrogen-bond acceptors (Lipinski definition) is 3. The third-order valence-electron chi connectivity index (χ3n) is 2.03. The van der Waals surface area contributed by atoms with Crippen molar-refractivity contribution in [3.05, 3.63) is 0 Å². The SMILES string of the molecule is CCCC(COCCOCC)NCC. The summed E-state index contributed by atoms with van der Waals surface area (Å²) < 4.78 is 10.7. The van der Waals surface area contributed by atoms with E-state index in [1.807, 2.05) is 6.92 Å². The van der Waals surface area contributed by atoms with Crippen molar-refractivity contribution in [2.24, 2.45) is 0 Å². The van der Waals surface area contributed by atoms with Gasteiger partial charge in [0.15, 0.2) is 0 Å². The second kappa shape index (κ2) is 11.0. The molecule has 0 aromatic rings. The number of rotatable bonds is 10. The average molecular weight is 203 g/mol. The van der Waals surface area contributed by atoms with Gasteiger partial charge in [-0.15, -0.1) is 0 Å². The minimum atomic E-state index is 0.506. The summed E-state index contributed by atoms with van der Waals surface area (Å²) in [6, 6.07) is 0.506. The van der Waals surface area contributed by atoms with Gasteiger partial charge in [0.2, 0.25) is 0 Å². The van der Waals surface area contributed by atoms with E-state index >= 15 is 0 Å². The maximum absolute atomic E-state index is 5.52. The molecule has 86 valence electrons. The van der Waals surface area contributed by atoms with Gasteiger partial charge < -0.3 is 14.8 Å². The van der Waals surface area contributed by atoms with Gasteiger partial charge >= 0.3 is 0 Å². The first-order valence-corrected chi connectivity index (χ1v) is 5.73. The minimum absolute atomic E-state index is 0.506. The highest BCUT2D eigenvalue weighted by Gasteiger charge is 2.04. The molecule has 0 aliphatic rings. The second-order valence-electron chi connectivity index (χ2n) is 3.32. The van der Waals surface area contributed by atoms with E-state index < -0.39 is 0 Å². The van der Waals surface area contributed by atoms with Crippen molar-refractivity contribution in [3.63, 3.8) is 0 Å². The molecular weight excluding hydrogens is 178 g/mol. The Morgan fingerprint density at radius 1 is 1.07 bits per heavy atom. The quantitative estimate of drug-likeness (QED) is 0.549. The van der Waals surface area contributed by atoms with E-state index in [9.17, 15) is 0 Å². The molecule has 3 heteroatoms. The van der Waals surface area contributed by atoms with Gasteiger partial charge in [-0.2, -0.15) is 0 Å². The highest BCUT2D eigenvalue weighted by molar-refractivity contribution is 4.63. The summed E-state index contributed by atoms with van der Waals surface area (Å²) in [5.41, 5.74) is 0. The molecule has 1 N–H and O–H groups in total. The summed E-state index contributed by atoms with van der Waals surface area (Å²) in [6.45, 7) is 10.3. The van der Waals surface area contributed by atoms with Crippen LogP contribution in [0.5, 0.6) is 0 Å². The van der Waals surface area contributed by atoms with Gasteiger partial charge in [0, 0.05) is 12.6 Å². The molecule has 3 nitrogen and oxygen atoms in total. The second-order valence-corrected chi connectivity index (χ2v) is 3.32. The molecule has 0 aromatic heterocycles. The van der Waals surface area contributed by atoms with Crippen molar-refractivity contribution >= 4 is 0 Å². The maximum atomic E-state index is 5.52. The Labute approximate surface area is 88.2 Å². The molecule has 0 bridgehead atoms. The fourth-order valence-corrected chi connectivity index (χ4v) is 1.37. The topological polar surface area (TPSA) is 30.5 Å². The summed E-state index contributed by atoms with van der Waals surface area (Å²) in [5.74, 6) is 0. The summed E-state index contributed by atoms with van der Waals surface area (Å²) >= 11 is 0. The predicted octanol–water partition coefficient (Wildman–Crippen LogP) is 1.82. The van der Waals surface area contributed by atoms with Crippen LogP contribution in [-0.2, 0) is 9.47 Å². The first kappa shape index (κ1) is 13.9. The largest absolute Gasteiger partial charge is 0.379 e. The molecule has 0 saturated heterocycles. The summed E-state index contributed by atoms with van der Waals surface area (Å²) in [7, 11) is 0. The fourth-order valence-electron chi connectivity index (χ4n) is 1.37. The standard InChI is InChI=1S/C11H25NO2/c1-4-7-11(12-5-2)10-14-9-8-13-6-3/h11-12H,4-10H2,1-3H3. The van der Waals surface area contributed by atoms with Crippen molar-refractivity contribution in [2.45, 2.75) is 39.7 Å². The Morgan fingerprint density at radius 2 is 1.79 bits per heavy atom. The van der Waals surface area contributed by atoms with Crippen molar-refractivity contribution in [1.82, 2.24) is 5.32 Å². The van der Waals surface area contributed by atoms with Crippen LogP contribution in [0.1, 0.15) is 33.6 Å². The predicted molar refractivity (Wildman–Crippen MR) is 59.7 cm³/mol. The lowest BCUT2D eigenvalue weighted by Crippen LogP contribution is -2.33. The molecule has 0 aromatic carbocycles. The molecule has 0 spiro atoms. The molecular formula is C11H25NO2. The van der Waals surface area contributed by atoms with Gasteiger partial charge in [-0.05, 0) is 19.9 Å². The van der Waals surface area contributed by atoms with Gasteiger partial charge in [-0.1, -0.05) is 20.3 Å². The van der Waals surface area contributed by atoms with E-state index in [4.69, 9.17) is 9.47 Å². The van der Waals surface area contributed by atoms with Crippen LogP contribution < -0.4 is 5.32 Å². The van der Waals surface area contributed by atoms with Crippen LogP contribution >= 0.6 is 0 Å². The summed E-state index contributed by atoms with van der Waals surface area (Å²) in [5, 5.41) is 3.41. The molecule has 1 unspecified atom stereocenters. The monoisotopic (exact) mass is 203 g/mol. The Kier molecular flexibility index (Phi) is 10.9. The van der Waals surface area contributed by atoms with Crippen LogP contribution in [0.3, 0.4) is 0 Å². The van der Waals surface area contributed by atoms with Crippen LogP contribution in [-0.4, -0.2) is 39.0 Å². The molecule has 0 rings (SSSR count). The Morgan fingerprint density at radius 3 is 2.36 bits per heavy atom. The van der Waals surface area contributed by atoms with Crippen molar-refractivity contribution in [1.29, 1.82) is 0 Å². The smallest absolute Gasteiger partial charge is 0.0701 e. The minimum Gasteiger partial charge on any atom is -0.379 e. The highest BCUT2D eigenvalue weighted by Crippen LogP contribution is 1.97. The Balaban J connectivity index is 3.30. The van der Waals surface area contributed by atoms with Gasteiger partial charge in [-0.25, -0.2) is 0 Å². The molecule has 0 aliphatic heterocycles. The van der Waals surface area contributed by atoms with Crippen molar-refractivity contribution in [2.75, 3.05) is 33.0 Å². The number of nitrogens with one attached hydrogen (secondary N) is 1. The number of likely N-dealkylation sites (N-methyl/N-ethyl adjacent to an activating group) is 1. The highest BCUT2D eigenvalue weighted by atomic mass is 16.5. The van der Waals surface area contributed by atoms with Gasteiger partial charge in [-0.3, -0.25) is 0 Å². The van der Waals surface area contributed by atoms with Crippen LogP contribution in [0.15, 0.2) is 0 Å². The summed E-state index contributed by atoms with van der Waals surface area (Å²) in [6.07, 6.45) is 2.38. The first-order chi connectivity index (χ1) is 6.85. The lowest BCUT2D eigenvalue weighted by Gasteiger charge is -2.16. The molecule has 0 aliphatic carbocycles. The zero-order valence-corrected chi connectivity index (χ0v) is 9.84. The zero-order chi connectivity index (χ0) is 10.6. The Hall–Kier alpha value is -0.120. The zero-order valence-electron chi connectivity index (χ0n) is 9.84. The van der Waals surface area contributed by atoms with Gasteiger partial charge in [0.05, 0.1) is 19.8 Å². The molecule has 0 heterocycles. The van der Waals surface area contributed by atoms with Crippen LogP contribution in [0.2, 0.25) is 0 Å². The van der Waals surface area contributed by atoms with Crippen molar-refractivity contribution < 1.29 is 9.47 Å². The summed E-state index contributed by atoms with van der Waals surface area (Å²) in [4.78, 5) is 0. The average Bonchev–Trinajstić information content (AvgIpc) is 2.18. The lowest BCUT2D eigenvalue weighted by atomic mass is 10.2. The maximum Gasteiger partial charge on any atom is 0.0701 e. The van der Waals surface area contributed by atoms with E-state index in [0.29, 0.717) is 19.3 Å². The molecule has 14 heavy (non-hydrogen) atoms. The fraction of sp³-hybridized carbons (Fsp3) is 1.00. The lowest BCUT2D eigenvalue weighted by molar-refractivity contribution is 0.0426.